The van der Waals surface area contributed by atoms with Crippen LogP contribution >= 0.6 is 0 Å². The number of nitrogens with zero attached hydrogens (tertiary/aromatic N) is 3. The highest BCUT2D eigenvalue weighted by Crippen LogP contribution is 2.24. The minimum absolute atomic E-state index is 0.212. The van der Waals surface area contributed by atoms with Crippen molar-refractivity contribution in [2.45, 2.75) is 0 Å². The van der Waals surface area contributed by atoms with Crippen molar-refractivity contribution in [1.82, 2.24) is 0 Å². The third-order valence-corrected chi connectivity index (χ3v) is 2.53. The summed E-state index contributed by atoms with van der Waals surface area (Å²) in [6.07, 6.45) is 1.32. The zero-order valence-corrected chi connectivity index (χ0v) is 10.2. The van der Waals surface area contributed by atoms with Crippen LogP contribution < -0.4 is 0 Å². The maximum absolute atomic E-state index is 10.9. The Kier molecular flexibility index (Phi) is 3.80. The summed E-state index contributed by atoms with van der Waals surface area (Å²) in [5.74, 6) is 0. The lowest BCUT2D eigenvalue weighted by Gasteiger charge is -1.98. The van der Waals surface area contributed by atoms with Gasteiger partial charge < -0.3 is 0 Å². The summed E-state index contributed by atoms with van der Waals surface area (Å²) < 4.78 is 0. The number of rotatable bonds is 4. The van der Waals surface area contributed by atoms with Gasteiger partial charge in [0.1, 0.15) is 0 Å². The second-order valence-corrected chi connectivity index (χ2v) is 3.85. The van der Waals surface area contributed by atoms with E-state index in [1.54, 1.807) is 24.3 Å². The number of benzene rings is 2. The number of aliphatic imine (C=N–C) groups is 1. The van der Waals surface area contributed by atoms with Crippen LogP contribution in [0.5, 0.6) is 0 Å². The van der Waals surface area contributed by atoms with Gasteiger partial charge >= 0.3 is 0 Å². The van der Waals surface area contributed by atoms with Crippen LogP contribution in [0.4, 0.5) is 17.1 Å². The van der Waals surface area contributed by atoms with E-state index in [0.717, 1.165) is 6.07 Å². The van der Waals surface area contributed by atoms with Crippen molar-refractivity contribution in [2.24, 2.45) is 4.99 Å². The first-order chi connectivity index (χ1) is 9.58. The van der Waals surface area contributed by atoms with E-state index in [-0.39, 0.29) is 16.9 Å². The molecule has 0 amide bonds. The largest absolute Gasteiger partial charge is 0.285 e. The molecule has 2 aromatic rings. The van der Waals surface area contributed by atoms with Crippen LogP contribution in [-0.4, -0.2) is 16.1 Å². The molecule has 20 heavy (non-hydrogen) atoms. The Morgan fingerprint density at radius 3 is 2.25 bits per heavy atom. The van der Waals surface area contributed by atoms with E-state index in [9.17, 15) is 20.2 Å². The maximum Gasteiger partial charge on any atom is 0.285 e. The summed E-state index contributed by atoms with van der Waals surface area (Å²) in [6.45, 7) is 0. The van der Waals surface area contributed by atoms with Gasteiger partial charge in [-0.2, -0.15) is 0 Å². The molecule has 7 nitrogen and oxygen atoms in total. The Hall–Kier alpha value is -3.09. The lowest BCUT2D eigenvalue weighted by Crippen LogP contribution is -1.97. The quantitative estimate of drug-likeness (QED) is 0.484. The fraction of sp³-hybridized carbons (Fsp3) is 0. The molecule has 0 aromatic heterocycles. The first kappa shape index (κ1) is 13.3. The maximum atomic E-state index is 10.9. The zero-order valence-electron chi connectivity index (χ0n) is 10.2. The number of nitro groups is 2. The summed E-state index contributed by atoms with van der Waals surface area (Å²) in [4.78, 5) is 24.3. The van der Waals surface area contributed by atoms with E-state index in [1.165, 1.54) is 18.3 Å². The Bertz CT molecular complexity index is 683. The molecule has 2 rings (SSSR count). The highest BCUT2D eigenvalue weighted by Gasteiger charge is 2.17. The Balaban J connectivity index is 2.39. The van der Waals surface area contributed by atoms with Crippen LogP contribution in [0, 0.1) is 20.2 Å². The number of non-ortho nitro benzene ring substituents is 1. The molecule has 0 fully saturated rings. The summed E-state index contributed by atoms with van der Waals surface area (Å²) in [5.41, 5.74) is 0.178. The normalized spacial score (nSPS) is 10.6. The van der Waals surface area contributed by atoms with Crippen molar-refractivity contribution in [2.75, 3.05) is 0 Å². The van der Waals surface area contributed by atoms with Gasteiger partial charge in [-0.05, 0) is 18.2 Å². The summed E-state index contributed by atoms with van der Waals surface area (Å²) in [7, 11) is 0. The molecule has 0 aliphatic carbocycles. The van der Waals surface area contributed by atoms with E-state index in [0.29, 0.717) is 5.69 Å². The van der Waals surface area contributed by atoms with E-state index in [4.69, 9.17) is 0 Å². The summed E-state index contributed by atoms with van der Waals surface area (Å²) >= 11 is 0. The van der Waals surface area contributed by atoms with Crippen molar-refractivity contribution in [3.05, 3.63) is 74.3 Å². The number of hydrogen-bond donors (Lipinski definition) is 0. The number of hydrogen-bond acceptors (Lipinski definition) is 5. The fourth-order valence-electron chi connectivity index (χ4n) is 1.57. The van der Waals surface area contributed by atoms with Gasteiger partial charge in [-0.15, -0.1) is 0 Å². The van der Waals surface area contributed by atoms with Crippen LogP contribution in [0.1, 0.15) is 5.56 Å². The van der Waals surface area contributed by atoms with Crippen LogP contribution in [0.3, 0.4) is 0 Å². The van der Waals surface area contributed by atoms with Gasteiger partial charge in [0.25, 0.3) is 11.4 Å². The van der Waals surface area contributed by atoms with Crippen LogP contribution in [0.25, 0.3) is 0 Å². The molecule has 0 radical (unpaired) electrons. The molecule has 0 heterocycles. The van der Waals surface area contributed by atoms with Gasteiger partial charge in [0, 0.05) is 12.3 Å². The SMILES string of the molecule is O=[N+]([O-])c1ccc(C=Nc2ccccc2)c([N+](=O)[O-])c1. The van der Waals surface area contributed by atoms with E-state index in [2.05, 4.69) is 4.99 Å². The van der Waals surface area contributed by atoms with Crippen molar-refractivity contribution in [3.63, 3.8) is 0 Å². The third kappa shape index (κ3) is 3.02. The van der Waals surface area contributed by atoms with Crippen molar-refractivity contribution in [3.8, 4) is 0 Å². The Morgan fingerprint density at radius 1 is 0.950 bits per heavy atom. The second kappa shape index (κ2) is 5.70. The molecule has 7 heteroatoms. The first-order valence-electron chi connectivity index (χ1n) is 5.60. The average Bonchev–Trinajstić information content (AvgIpc) is 2.45. The molecule has 0 aliphatic heterocycles. The highest BCUT2D eigenvalue weighted by atomic mass is 16.6. The highest BCUT2D eigenvalue weighted by molar-refractivity contribution is 5.87. The zero-order chi connectivity index (χ0) is 14.5. The number of para-hydroxylation sites is 1. The predicted molar refractivity (Wildman–Crippen MR) is 73.4 cm³/mol. The summed E-state index contributed by atoms with van der Waals surface area (Å²) in [5, 5.41) is 21.5. The molecule has 0 atom stereocenters. The van der Waals surface area contributed by atoms with Crippen molar-refractivity contribution < 1.29 is 9.85 Å². The van der Waals surface area contributed by atoms with Gasteiger partial charge in [-0.1, -0.05) is 18.2 Å². The minimum Gasteiger partial charge on any atom is -0.258 e. The molecular formula is C13H9N3O4. The van der Waals surface area contributed by atoms with Gasteiger partial charge in [0.2, 0.25) is 0 Å². The van der Waals surface area contributed by atoms with Crippen LogP contribution in [-0.2, 0) is 0 Å². The van der Waals surface area contributed by atoms with Gasteiger partial charge in [-0.25, -0.2) is 0 Å². The van der Waals surface area contributed by atoms with Crippen LogP contribution in [0.15, 0.2) is 53.5 Å². The first-order valence-corrected chi connectivity index (χ1v) is 5.60. The minimum atomic E-state index is -0.675. The molecule has 0 N–H and O–H groups in total. The molecular weight excluding hydrogens is 262 g/mol. The smallest absolute Gasteiger partial charge is 0.258 e. The lowest BCUT2D eigenvalue weighted by molar-refractivity contribution is -0.394. The molecule has 100 valence electrons. The average molecular weight is 271 g/mol. The van der Waals surface area contributed by atoms with E-state index in [1.807, 2.05) is 6.07 Å². The van der Waals surface area contributed by atoms with Crippen LogP contribution in [0.2, 0.25) is 0 Å². The molecule has 0 saturated carbocycles. The van der Waals surface area contributed by atoms with Crippen molar-refractivity contribution in [1.29, 1.82) is 0 Å². The lowest BCUT2D eigenvalue weighted by atomic mass is 10.2. The Morgan fingerprint density at radius 2 is 1.65 bits per heavy atom. The van der Waals surface area contributed by atoms with Gasteiger partial charge in [-0.3, -0.25) is 25.2 Å². The van der Waals surface area contributed by atoms with Gasteiger partial charge in [0.05, 0.1) is 27.2 Å². The van der Waals surface area contributed by atoms with Gasteiger partial charge in [0.15, 0.2) is 0 Å². The van der Waals surface area contributed by atoms with E-state index >= 15 is 0 Å². The topological polar surface area (TPSA) is 98.6 Å². The second-order valence-electron chi connectivity index (χ2n) is 3.85. The summed E-state index contributed by atoms with van der Waals surface area (Å²) in [6, 6.07) is 12.3. The van der Waals surface area contributed by atoms with E-state index < -0.39 is 9.85 Å². The Labute approximate surface area is 113 Å². The fourth-order valence-corrected chi connectivity index (χ4v) is 1.57. The third-order valence-electron chi connectivity index (χ3n) is 2.53. The predicted octanol–water partition coefficient (Wildman–Crippen LogP) is 3.25. The molecule has 0 bridgehead atoms. The molecule has 0 aliphatic rings. The molecule has 0 spiro atoms. The molecule has 0 unspecified atom stereocenters. The molecule has 0 saturated heterocycles. The number of nitro benzene ring substituents is 2. The standard InChI is InChI=1S/C13H9N3O4/c17-15(18)12-7-6-10(13(8-12)16(19)20)9-14-11-4-2-1-3-5-11/h1-9H. The monoisotopic (exact) mass is 271 g/mol. The molecule has 2 aromatic carbocycles. The van der Waals surface area contributed by atoms with Crippen molar-refractivity contribution >= 4 is 23.3 Å².